The van der Waals surface area contributed by atoms with E-state index in [1.165, 1.54) is 16.8 Å². The van der Waals surface area contributed by atoms with Gasteiger partial charge in [-0.15, -0.1) is 0 Å². The summed E-state index contributed by atoms with van der Waals surface area (Å²) in [6.07, 6.45) is 7.95. The summed E-state index contributed by atoms with van der Waals surface area (Å²) in [6, 6.07) is 6.06. The lowest BCUT2D eigenvalue weighted by molar-refractivity contribution is -0.132. The van der Waals surface area contributed by atoms with Crippen molar-refractivity contribution in [2.24, 2.45) is 7.05 Å². The third kappa shape index (κ3) is 2.59. The normalized spacial score (nSPS) is 14.2. The zero-order valence-electron chi connectivity index (χ0n) is 11.7. The van der Waals surface area contributed by atoms with Crippen molar-refractivity contribution in [1.29, 1.82) is 0 Å². The van der Waals surface area contributed by atoms with Crippen LogP contribution < -0.4 is 0 Å². The molecule has 0 atom stereocenters. The Morgan fingerprint density at radius 3 is 2.90 bits per heavy atom. The number of nitrogens with zero attached hydrogens (tertiary/aromatic N) is 3. The van der Waals surface area contributed by atoms with E-state index < -0.39 is 0 Å². The summed E-state index contributed by atoms with van der Waals surface area (Å²) in [5, 5.41) is 0. The number of carbonyl (C=O) groups excluding carboxylic acids is 1. The van der Waals surface area contributed by atoms with Crippen molar-refractivity contribution in [2.75, 3.05) is 6.54 Å². The summed E-state index contributed by atoms with van der Waals surface area (Å²) in [6.45, 7) is 1.59. The number of hydrogen-bond acceptors (Lipinski definition) is 2. The first-order valence-electron chi connectivity index (χ1n) is 7.04. The standard InChI is InChI=1S/C16H19N3O/c1-18-10-6-14-12-19(11-7-15(14)18)16(20)3-2-13-4-8-17-9-5-13/h4-6,8-10H,2-3,7,11-12H2,1H3. The van der Waals surface area contributed by atoms with Crippen LogP contribution in [-0.4, -0.2) is 26.9 Å². The van der Waals surface area contributed by atoms with E-state index in [0.717, 1.165) is 25.9 Å². The molecule has 4 heteroatoms. The van der Waals surface area contributed by atoms with E-state index in [2.05, 4.69) is 28.9 Å². The lowest BCUT2D eigenvalue weighted by atomic mass is 10.1. The summed E-state index contributed by atoms with van der Waals surface area (Å²) >= 11 is 0. The maximum absolute atomic E-state index is 12.3. The first-order valence-corrected chi connectivity index (χ1v) is 7.04. The van der Waals surface area contributed by atoms with Gasteiger partial charge in [0.1, 0.15) is 0 Å². The largest absolute Gasteiger partial charge is 0.354 e. The highest BCUT2D eigenvalue weighted by atomic mass is 16.2. The fourth-order valence-corrected chi connectivity index (χ4v) is 2.79. The molecule has 2 aromatic rings. The minimum Gasteiger partial charge on any atom is -0.354 e. The van der Waals surface area contributed by atoms with Crippen molar-refractivity contribution in [2.45, 2.75) is 25.8 Å². The van der Waals surface area contributed by atoms with Gasteiger partial charge in [0.25, 0.3) is 0 Å². The van der Waals surface area contributed by atoms with Crippen molar-refractivity contribution >= 4 is 5.91 Å². The highest BCUT2D eigenvalue weighted by Crippen LogP contribution is 2.20. The van der Waals surface area contributed by atoms with Gasteiger partial charge in [-0.05, 0) is 35.7 Å². The van der Waals surface area contributed by atoms with E-state index in [9.17, 15) is 4.79 Å². The number of carbonyl (C=O) groups is 1. The molecule has 3 rings (SSSR count). The number of rotatable bonds is 3. The van der Waals surface area contributed by atoms with Gasteiger partial charge in [-0.1, -0.05) is 0 Å². The molecule has 4 nitrogen and oxygen atoms in total. The SMILES string of the molecule is Cn1ccc2c1CCN(C(=O)CCc1ccncc1)C2. The van der Waals surface area contributed by atoms with Gasteiger partial charge in [0.2, 0.25) is 5.91 Å². The number of pyridine rings is 1. The molecule has 1 amide bonds. The van der Waals surface area contributed by atoms with Gasteiger partial charge < -0.3 is 9.47 Å². The molecule has 3 heterocycles. The van der Waals surface area contributed by atoms with Gasteiger partial charge >= 0.3 is 0 Å². The molecule has 0 saturated heterocycles. The zero-order chi connectivity index (χ0) is 13.9. The second-order valence-corrected chi connectivity index (χ2v) is 5.32. The Kier molecular flexibility index (Phi) is 3.54. The molecule has 0 fully saturated rings. The monoisotopic (exact) mass is 269 g/mol. The van der Waals surface area contributed by atoms with Crippen molar-refractivity contribution in [3.05, 3.63) is 53.6 Å². The maximum Gasteiger partial charge on any atom is 0.223 e. The quantitative estimate of drug-likeness (QED) is 0.854. The van der Waals surface area contributed by atoms with Crippen molar-refractivity contribution in [1.82, 2.24) is 14.5 Å². The predicted molar refractivity (Wildman–Crippen MR) is 77.1 cm³/mol. The van der Waals surface area contributed by atoms with E-state index in [-0.39, 0.29) is 5.91 Å². The van der Waals surface area contributed by atoms with Gasteiger partial charge in [-0.2, -0.15) is 0 Å². The van der Waals surface area contributed by atoms with Crippen LogP contribution in [0.1, 0.15) is 23.2 Å². The average molecular weight is 269 g/mol. The van der Waals surface area contributed by atoms with Crippen LogP contribution in [0, 0.1) is 0 Å². The molecule has 0 bridgehead atoms. The maximum atomic E-state index is 12.3. The third-order valence-corrected chi connectivity index (χ3v) is 4.01. The second kappa shape index (κ2) is 5.49. The number of amides is 1. The second-order valence-electron chi connectivity index (χ2n) is 5.32. The van der Waals surface area contributed by atoms with Gasteiger partial charge in [-0.25, -0.2) is 0 Å². The topological polar surface area (TPSA) is 38.1 Å². The summed E-state index contributed by atoms with van der Waals surface area (Å²) in [5.41, 5.74) is 3.82. The Balaban J connectivity index is 1.59. The van der Waals surface area contributed by atoms with E-state index in [0.29, 0.717) is 6.42 Å². The van der Waals surface area contributed by atoms with Gasteiger partial charge in [0.15, 0.2) is 0 Å². The minimum atomic E-state index is 0.247. The van der Waals surface area contributed by atoms with Gasteiger partial charge in [0.05, 0.1) is 0 Å². The molecule has 1 aliphatic rings. The van der Waals surface area contributed by atoms with Gasteiger partial charge in [0, 0.05) is 57.3 Å². The molecule has 0 radical (unpaired) electrons. The smallest absolute Gasteiger partial charge is 0.223 e. The highest BCUT2D eigenvalue weighted by molar-refractivity contribution is 5.76. The molecule has 20 heavy (non-hydrogen) atoms. The Bertz CT molecular complexity index is 603. The molecule has 0 aliphatic carbocycles. The van der Waals surface area contributed by atoms with Crippen molar-refractivity contribution < 1.29 is 4.79 Å². The molecule has 0 spiro atoms. The molecule has 104 valence electrons. The van der Waals surface area contributed by atoms with Crippen LogP contribution in [0.3, 0.4) is 0 Å². The van der Waals surface area contributed by atoms with E-state index in [4.69, 9.17) is 0 Å². The molecule has 0 unspecified atom stereocenters. The van der Waals surface area contributed by atoms with E-state index >= 15 is 0 Å². The molecule has 0 N–H and O–H groups in total. The summed E-state index contributed by atoms with van der Waals surface area (Å²) in [4.78, 5) is 18.3. The summed E-state index contributed by atoms with van der Waals surface area (Å²) < 4.78 is 2.16. The van der Waals surface area contributed by atoms with Crippen LogP contribution in [0.4, 0.5) is 0 Å². The molecular weight excluding hydrogens is 250 g/mol. The summed E-state index contributed by atoms with van der Waals surface area (Å²) in [7, 11) is 2.07. The van der Waals surface area contributed by atoms with Gasteiger partial charge in [-0.3, -0.25) is 9.78 Å². The molecular formula is C16H19N3O. The van der Waals surface area contributed by atoms with Crippen LogP contribution in [0.25, 0.3) is 0 Å². The third-order valence-electron chi connectivity index (χ3n) is 4.01. The number of hydrogen-bond donors (Lipinski definition) is 0. The average Bonchev–Trinajstić information content (AvgIpc) is 2.87. The van der Waals surface area contributed by atoms with Crippen molar-refractivity contribution in [3.63, 3.8) is 0 Å². The lowest BCUT2D eigenvalue weighted by Gasteiger charge is -2.28. The molecule has 0 aromatic carbocycles. The Hall–Kier alpha value is -2.10. The Morgan fingerprint density at radius 1 is 1.30 bits per heavy atom. The fourth-order valence-electron chi connectivity index (χ4n) is 2.79. The molecule has 0 saturated carbocycles. The van der Waals surface area contributed by atoms with Crippen LogP contribution in [0.5, 0.6) is 0 Å². The predicted octanol–water partition coefficient (Wildman–Crippen LogP) is 1.94. The fraction of sp³-hybridized carbons (Fsp3) is 0.375. The molecule has 1 aliphatic heterocycles. The van der Waals surface area contributed by atoms with Crippen LogP contribution in [-0.2, 0) is 31.2 Å². The van der Waals surface area contributed by atoms with E-state index in [1.54, 1.807) is 12.4 Å². The van der Waals surface area contributed by atoms with Crippen LogP contribution >= 0.6 is 0 Å². The first kappa shape index (κ1) is 12.9. The minimum absolute atomic E-state index is 0.247. The molecule has 2 aromatic heterocycles. The van der Waals surface area contributed by atoms with Crippen LogP contribution in [0.15, 0.2) is 36.8 Å². The zero-order valence-corrected chi connectivity index (χ0v) is 11.7. The first-order chi connectivity index (χ1) is 9.74. The summed E-state index contributed by atoms with van der Waals surface area (Å²) in [5.74, 6) is 0.247. The number of aromatic nitrogens is 2. The van der Waals surface area contributed by atoms with E-state index in [1.807, 2.05) is 17.0 Å². The number of fused-ring (bicyclic) bond motifs is 1. The number of aryl methyl sites for hydroxylation is 2. The lowest BCUT2D eigenvalue weighted by Crippen LogP contribution is -2.36. The Labute approximate surface area is 119 Å². The Morgan fingerprint density at radius 2 is 2.10 bits per heavy atom. The van der Waals surface area contributed by atoms with Crippen molar-refractivity contribution in [3.8, 4) is 0 Å². The van der Waals surface area contributed by atoms with Crippen LogP contribution in [0.2, 0.25) is 0 Å². The highest BCUT2D eigenvalue weighted by Gasteiger charge is 2.21.